The molecule has 0 aliphatic rings. The lowest BCUT2D eigenvalue weighted by atomic mass is 10.6. The highest BCUT2D eigenvalue weighted by molar-refractivity contribution is 7.90. The zero-order valence-electron chi connectivity index (χ0n) is 13.7. The predicted molar refractivity (Wildman–Crippen MR) is 90.1 cm³/mol. The van der Waals surface area contributed by atoms with Crippen LogP contribution in [0.15, 0.2) is 16.6 Å². The fourth-order valence-corrected chi connectivity index (χ4v) is 3.96. The lowest BCUT2D eigenvalue weighted by Gasteiger charge is -2.09. The summed E-state index contributed by atoms with van der Waals surface area (Å²) in [7, 11) is -1.49. The number of aryl methyl sites for hydroxylation is 1. The smallest absolute Gasteiger partial charge is 0.335 e. The first kappa shape index (κ1) is 17.8. The molecule has 26 heavy (non-hydrogen) atoms. The maximum absolute atomic E-state index is 12.5. The number of rotatable bonds is 5. The lowest BCUT2D eigenvalue weighted by Crippen LogP contribution is -2.35. The van der Waals surface area contributed by atoms with E-state index in [0.29, 0.717) is 4.96 Å². The molecule has 3 aromatic rings. The molecule has 0 atom stereocenters. The van der Waals surface area contributed by atoms with E-state index in [-0.39, 0.29) is 28.4 Å². The fraction of sp³-hybridized carbons (Fsp3) is 0.250. The molecule has 0 saturated heterocycles. The van der Waals surface area contributed by atoms with Crippen molar-refractivity contribution in [1.82, 2.24) is 29.3 Å². The van der Waals surface area contributed by atoms with Crippen molar-refractivity contribution < 1.29 is 22.7 Å². The third kappa shape index (κ3) is 3.36. The SMILES string of the molecule is COc1cc(OC)nc(NC(=O)NS(=O)(=O)c2c(C)nc3scnn23)n1. The first-order valence-electron chi connectivity index (χ1n) is 6.93. The van der Waals surface area contributed by atoms with Gasteiger partial charge in [-0.25, -0.2) is 14.5 Å². The number of carbonyl (C=O) groups is 1. The summed E-state index contributed by atoms with van der Waals surface area (Å²) in [5.41, 5.74) is 1.65. The van der Waals surface area contributed by atoms with Crippen molar-refractivity contribution in [2.75, 3.05) is 19.5 Å². The number of aromatic nitrogens is 5. The van der Waals surface area contributed by atoms with Crippen molar-refractivity contribution in [1.29, 1.82) is 0 Å². The molecule has 0 saturated carbocycles. The molecular weight excluding hydrogens is 386 g/mol. The Hall–Kier alpha value is -3.00. The number of ether oxygens (including phenoxy) is 2. The second-order valence-corrected chi connectivity index (χ2v) is 7.18. The minimum absolute atomic E-state index is 0.130. The van der Waals surface area contributed by atoms with E-state index in [1.165, 1.54) is 44.1 Å². The van der Waals surface area contributed by atoms with Crippen LogP contribution in [0.4, 0.5) is 10.7 Å². The fourth-order valence-electron chi connectivity index (χ4n) is 2.05. The standard InChI is InChI=1S/C12H13N7O5S2/c1-6-9(19-12(14-6)25-5-13-19)26(21,22)18-11(20)17-10-15-7(23-2)4-8(16-10)24-3/h4-5H,1-3H3,(H2,15,16,17,18,20). The number of hydrogen-bond acceptors (Lipinski definition) is 10. The summed E-state index contributed by atoms with van der Waals surface area (Å²) < 4.78 is 37.9. The lowest BCUT2D eigenvalue weighted by molar-refractivity contribution is 0.256. The van der Waals surface area contributed by atoms with E-state index < -0.39 is 16.1 Å². The molecule has 0 aliphatic heterocycles. The average Bonchev–Trinajstić information content (AvgIpc) is 3.13. The van der Waals surface area contributed by atoms with Crippen molar-refractivity contribution in [2.24, 2.45) is 0 Å². The molecule has 3 heterocycles. The summed E-state index contributed by atoms with van der Waals surface area (Å²) >= 11 is 1.17. The van der Waals surface area contributed by atoms with E-state index in [0.717, 1.165) is 4.52 Å². The van der Waals surface area contributed by atoms with Crippen LogP contribution in [-0.2, 0) is 10.0 Å². The predicted octanol–water partition coefficient (Wildman–Crippen LogP) is 0.417. The van der Waals surface area contributed by atoms with Crippen LogP contribution in [0.25, 0.3) is 4.96 Å². The molecule has 2 amide bonds. The molecule has 0 aromatic carbocycles. The second-order valence-electron chi connectivity index (χ2n) is 4.77. The molecule has 2 N–H and O–H groups in total. The van der Waals surface area contributed by atoms with Gasteiger partial charge in [0.1, 0.15) is 5.51 Å². The summed E-state index contributed by atoms with van der Waals surface area (Å²) in [6.45, 7) is 1.50. The molecule has 3 rings (SSSR count). The summed E-state index contributed by atoms with van der Waals surface area (Å²) in [6, 6.07) is 0.332. The number of nitrogens with one attached hydrogen (secondary N) is 2. The highest BCUT2D eigenvalue weighted by Gasteiger charge is 2.27. The normalized spacial score (nSPS) is 11.3. The van der Waals surface area contributed by atoms with Crippen molar-refractivity contribution >= 4 is 38.3 Å². The first-order valence-corrected chi connectivity index (χ1v) is 9.30. The van der Waals surface area contributed by atoms with Crippen LogP contribution in [0, 0.1) is 6.92 Å². The third-order valence-electron chi connectivity index (χ3n) is 3.07. The summed E-state index contributed by atoms with van der Waals surface area (Å²) in [5, 5.41) is 5.89. The van der Waals surface area contributed by atoms with Crippen LogP contribution in [0.3, 0.4) is 0 Å². The van der Waals surface area contributed by atoms with Gasteiger partial charge in [-0.15, -0.1) is 0 Å². The topological polar surface area (TPSA) is 150 Å². The molecular formula is C12H13N7O5S2. The number of sulfonamides is 1. The Morgan fingerprint density at radius 1 is 1.19 bits per heavy atom. The number of nitrogens with zero attached hydrogens (tertiary/aromatic N) is 5. The number of carbonyl (C=O) groups excluding carboxylic acids is 1. The molecule has 0 spiro atoms. The Bertz CT molecular complexity index is 1050. The van der Waals surface area contributed by atoms with Crippen LogP contribution in [0.5, 0.6) is 11.8 Å². The number of amides is 2. The Labute approximate surface area is 151 Å². The number of imidazole rings is 1. The minimum Gasteiger partial charge on any atom is -0.481 e. The van der Waals surface area contributed by atoms with Gasteiger partial charge in [0, 0.05) is 0 Å². The first-order chi connectivity index (χ1) is 12.3. The largest absolute Gasteiger partial charge is 0.481 e. The van der Waals surface area contributed by atoms with Gasteiger partial charge in [0.05, 0.1) is 26.0 Å². The van der Waals surface area contributed by atoms with E-state index in [2.05, 4.69) is 25.4 Å². The van der Waals surface area contributed by atoms with Crippen LogP contribution in [0.2, 0.25) is 0 Å². The maximum Gasteiger partial charge on any atom is 0.335 e. The average molecular weight is 399 g/mol. The number of urea groups is 1. The Morgan fingerprint density at radius 3 is 2.46 bits per heavy atom. The molecule has 0 unspecified atom stereocenters. The molecule has 0 bridgehead atoms. The van der Waals surface area contributed by atoms with Gasteiger partial charge in [-0.1, -0.05) is 11.3 Å². The van der Waals surface area contributed by atoms with E-state index in [1.54, 1.807) is 0 Å². The van der Waals surface area contributed by atoms with Gasteiger partial charge in [-0.2, -0.15) is 28.0 Å². The monoisotopic (exact) mass is 399 g/mol. The summed E-state index contributed by atoms with van der Waals surface area (Å²) in [4.78, 5) is 24.3. The van der Waals surface area contributed by atoms with Gasteiger partial charge in [-0.05, 0) is 6.92 Å². The highest BCUT2D eigenvalue weighted by atomic mass is 32.2. The molecule has 0 fully saturated rings. The van der Waals surface area contributed by atoms with Gasteiger partial charge in [0.2, 0.25) is 27.7 Å². The van der Waals surface area contributed by atoms with E-state index >= 15 is 0 Å². The van der Waals surface area contributed by atoms with Gasteiger partial charge >= 0.3 is 6.03 Å². The zero-order chi connectivity index (χ0) is 18.9. The van der Waals surface area contributed by atoms with Gasteiger partial charge in [-0.3, -0.25) is 5.32 Å². The molecule has 14 heteroatoms. The third-order valence-corrected chi connectivity index (χ3v) is 5.18. The molecule has 3 aromatic heterocycles. The Kier molecular flexibility index (Phi) is 4.60. The Balaban J connectivity index is 1.83. The summed E-state index contributed by atoms with van der Waals surface area (Å²) in [6.07, 6.45) is 0. The zero-order valence-corrected chi connectivity index (χ0v) is 15.4. The van der Waals surface area contributed by atoms with Gasteiger partial charge in [0.15, 0.2) is 0 Å². The Morgan fingerprint density at radius 2 is 1.85 bits per heavy atom. The van der Waals surface area contributed by atoms with E-state index in [1.807, 2.05) is 4.72 Å². The van der Waals surface area contributed by atoms with Gasteiger partial charge < -0.3 is 9.47 Å². The highest BCUT2D eigenvalue weighted by Crippen LogP contribution is 2.20. The van der Waals surface area contributed by atoms with Crippen molar-refractivity contribution in [3.05, 3.63) is 17.3 Å². The van der Waals surface area contributed by atoms with Crippen molar-refractivity contribution in [3.8, 4) is 11.8 Å². The van der Waals surface area contributed by atoms with Crippen LogP contribution in [0.1, 0.15) is 5.69 Å². The van der Waals surface area contributed by atoms with Gasteiger partial charge in [0.25, 0.3) is 10.0 Å². The molecule has 0 aliphatic carbocycles. The van der Waals surface area contributed by atoms with E-state index in [4.69, 9.17) is 9.47 Å². The second kappa shape index (κ2) is 6.72. The van der Waals surface area contributed by atoms with Crippen molar-refractivity contribution in [2.45, 2.75) is 11.9 Å². The number of methoxy groups -OCH3 is 2. The van der Waals surface area contributed by atoms with Crippen molar-refractivity contribution in [3.63, 3.8) is 0 Å². The van der Waals surface area contributed by atoms with Crippen LogP contribution in [-0.4, -0.2) is 53.2 Å². The number of anilines is 1. The van der Waals surface area contributed by atoms with E-state index in [9.17, 15) is 13.2 Å². The number of hydrogen-bond donors (Lipinski definition) is 2. The number of fused-ring (bicyclic) bond motifs is 1. The molecule has 0 radical (unpaired) electrons. The minimum atomic E-state index is -4.23. The molecule has 12 nitrogen and oxygen atoms in total. The molecule has 138 valence electrons. The summed E-state index contributed by atoms with van der Waals surface area (Å²) in [5.74, 6) is 0.0642. The quantitative estimate of drug-likeness (QED) is 0.622. The van der Waals surface area contributed by atoms with Crippen LogP contribution < -0.4 is 19.5 Å². The van der Waals surface area contributed by atoms with Crippen LogP contribution >= 0.6 is 11.3 Å². The maximum atomic E-state index is 12.5.